The normalized spacial score (nSPS) is 11.3. The fourth-order valence-corrected chi connectivity index (χ4v) is 2.72. The standard InChI is InChI=1S/C19H15ClF3N3O2/c20-13-5-4-6-14(11-13)26-17(19(21,22)23)16(12-25-26)18(27)24-9-10-28-15-7-2-1-3-8-15/h1-8,11-12H,9-10H2,(H,24,27). The molecule has 0 spiro atoms. The summed E-state index contributed by atoms with van der Waals surface area (Å²) in [4.78, 5) is 12.3. The zero-order chi connectivity index (χ0) is 20.1. The van der Waals surface area contributed by atoms with Crippen molar-refractivity contribution in [3.8, 4) is 11.4 Å². The maximum absolute atomic E-state index is 13.6. The highest BCUT2D eigenvalue weighted by Crippen LogP contribution is 2.34. The van der Waals surface area contributed by atoms with Crippen LogP contribution in [0.3, 0.4) is 0 Å². The molecule has 9 heteroatoms. The molecule has 2 aromatic carbocycles. The van der Waals surface area contributed by atoms with Crippen molar-refractivity contribution >= 4 is 17.5 Å². The van der Waals surface area contributed by atoms with Crippen LogP contribution >= 0.6 is 11.6 Å². The van der Waals surface area contributed by atoms with Crippen molar-refractivity contribution in [1.82, 2.24) is 15.1 Å². The molecule has 28 heavy (non-hydrogen) atoms. The van der Waals surface area contributed by atoms with Gasteiger partial charge in [0.05, 0.1) is 24.0 Å². The van der Waals surface area contributed by atoms with Crippen LogP contribution in [0, 0.1) is 0 Å². The van der Waals surface area contributed by atoms with Crippen LogP contribution in [0.4, 0.5) is 13.2 Å². The Bertz CT molecular complexity index is 959. The summed E-state index contributed by atoms with van der Waals surface area (Å²) in [5, 5.41) is 6.41. The van der Waals surface area contributed by atoms with E-state index in [-0.39, 0.29) is 23.9 Å². The molecule has 0 saturated heterocycles. The monoisotopic (exact) mass is 409 g/mol. The Hall–Kier alpha value is -3.00. The first-order valence-corrected chi connectivity index (χ1v) is 8.61. The Balaban J connectivity index is 1.75. The molecule has 0 aliphatic heterocycles. The number of para-hydroxylation sites is 1. The fraction of sp³-hybridized carbons (Fsp3) is 0.158. The first-order chi connectivity index (χ1) is 13.4. The van der Waals surface area contributed by atoms with Crippen molar-refractivity contribution < 1.29 is 22.7 Å². The smallest absolute Gasteiger partial charge is 0.434 e. The SMILES string of the molecule is O=C(NCCOc1ccccc1)c1cnn(-c2cccc(Cl)c2)c1C(F)(F)F. The summed E-state index contributed by atoms with van der Waals surface area (Å²) < 4.78 is 46.9. The van der Waals surface area contributed by atoms with E-state index >= 15 is 0 Å². The second kappa shape index (κ2) is 8.35. The molecule has 0 aliphatic rings. The molecule has 3 rings (SSSR count). The Morgan fingerprint density at radius 2 is 1.89 bits per heavy atom. The van der Waals surface area contributed by atoms with Crippen LogP contribution in [0.25, 0.3) is 5.69 Å². The molecule has 5 nitrogen and oxygen atoms in total. The number of benzene rings is 2. The maximum atomic E-state index is 13.6. The first-order valence-electron chi connectivity index (χ1n) is 8.23. The fourth-order valence-electron chi connectivity index (χ4n) is 2.54. The molecule has 1 aromatic heterocycles. The molecule has 0 saturated carbocycles. The van der Waals surface area contributed by atoms with Crippen LogP contribution < -0.4 is 10.1 Å². The molecule has 0 atom stereocenters. The van der Waals surface area contributed by atoms with Gasteiger partial charge in [0.15, 0.2) is 5.69 Å². The number of hydrogen-bond acceptors (Lipinski definition) is 3. The minimum Gasteiger partial charge on any atom is -0.492 e. The van der Waals surface area contributed by atoms with Gasteiger partial charge in [0.1, 0.15) is 12.4 Å². The lowest BCUT2D eigenvalue weighted by molar-refractivity contribution is -0.143. The molecule has 146 valence electrons. The van der Waals surface area contributed by atoms with Crippen molar-refractivity contribution in [2.45, 2.75) is 6.18 Å². The highest BCUT2D eigenvalue weighted by atomic mass is 35.5. The number of nitrogens with one attached hydrogen (secondary N) is 1. The van der Waals surface area contributed by atoms with Crippen molar-refractivity contribution in [2.75, 3.05) is 13.2 Å². The molecular formula is C19H15ClF3N3O2. The summed E-state index contributed by atoms with van der Waals surface area (Å²) in [6.07, 6.45) is -3.90. The molecule has 0 fully saturated rings. The van der Waals surface area contributed by atoms with Gasteiger partial charge in [-0.3, -0.25) is 4.79 Å². The summed E-state index contributed by atoms with van der Waals surface area (Å²) in [5.41, 5.74) is -1.64. The Kier molecular flexibility index (Phi) is 5.89. The lowest BCUT2D eigenvalue weighted by Gasteiger charge is -2.13. The third-order valence-electron chi connectivity index (χ3n) is 3.73. The average molecular weight is 410 g/mol. The van der Waals surface area contributed by atoms with Crippen LogP contribution in [0.15, 0.2) is 60.8 Å². The average Bonchev–Trinajstić information content (AvgIpc) is 3.12. The number of ether oxygens (including phenoxy) is 1. The van der Waals surface area contributed by atoms with Gasteiger partial charge in [0.2, 0.25) is 0 Å². The van der Waals surface area contributed by atoms with Gasteiger partial charge in [-0.05, 0) is 30.3 Å². The van der Waals surface area contributed by atoms with Crippen LogP contribution in [-0.4, -0.2) is 28.8 Å². The van der Waals surface area contributed by atoms with E-state index in [1.165, 1.54) is 24.3 Å². The van der Waals surface area contributed by atoms with E-state index in [0.29, 0.717) is 10.4 Å². The molecule has 1 N–H and O–H groups in total. The first kappa shape index (κ1) is 19.8. The minimum absolute atomic E-state index is 0.0351. The molecule has 0 unspecified atom stereocenters. The van der Waals surface area contributed by atoms with Crippen LogP contribution in [0.5, 0.6) is 5.75 Å². The van der Waals surface area contributed by atoms with E-state index in [9.17, 15) is 18.0 Å². The third-order valence-corrected chi connectivity index (χ3v) is 3.97. The second-order valence-corrected chi connectivity index (χ2v) is 6.15. The predicted molar refractivity (Wildman–Crippen MR) is 97.8 cm³/mol. The molecule has 3 aromatic rings. The van der Waals surface area contributed by atoms with Gasteiger partial charge in [0, 0.05) is 5.02 Å². The summed E-state index contributed by atoms with van der Waals surface area (Å²) in [6, 6.07) is 14.6. The van der Waals surface area contributed by atoms with Gasteiger partial charge in [-0.15, -0.1) is 0 Å². The lowest BCUT2D eigenvalue weighted by atomic mass is 10.2. The van der Waals surface area contributed by atoms with Crippen molar-refractivity contribution in [3.05, 3.63) is 77.1 Å². The van der Waals surface area contributed by atoms with Crippen molar-refractivity contribution in [2.24, 2.45) is 0 Å². The number of amides is 1. The largest absolute Gasteiger partial charge is 0.492 e. The molecule has 1 heterocycles. The van der Waals surface area contributed by atoms with Crippen molar-refractivity contribution in [3.63, 3.8) is 0 Å². The van der Waals surface area contributed by atoms with Gasteiger partial charge in [-0.2, -0.15) is 18.3 Å². The summed E-state index contributed by atoms with van der Waals surface area (Å²) in [5.74, 6) is -0.293. The van der Waals surface area contributed by atoms with Crippen LogP contribution in [-0.2, 0) is 6.18 Å². The number of halogens is 4. The van der Waals surface area contributed by atoms with E-state index in [1.807, 2.05) is 6.07 Å². The number of hydrogen-bond donors (Lipinski definition) is 1. The molecule has 0 aliphatic carbocycles. The topological polar surface area (TPSA) is 56.1 Å². The van der Waals surface area contributed by atoms with Gasteiger partial charge < -0.3 is 10.1 Å². The minimum atomic E-state index is -4.79. The Labute approximate surface area is 163 Å². The maximum Gasteiger partial charge on any atom is 0.434 e. The second-order valence-electron chi connectivity index (χ2n) is 5.71. The van der Waals surface area contributed by atoms with Gasteiger partial charge in [-0.25, -0.2) is 4.68 Å². The van der Waals surface area contributed by atoms with E-state index in [4.69, 9.17) is 16.3 Å². The molecule has 1 amide bonds. The number of rotatable bonds is 6. The Morgan fingerprint density at radius 1 is 1.14 bits per heavy atom. The van der Waals surface area contributed by atoms with Gasteiger partial charge >= 0.3 is 6.18 Å². The van der Waals surface area contributed by atoms with Gasteiger partial charge in [-0.1, -0.05) is 35.9 Å². The summed E-state index contributed by atoms with van der Waals surface area (Å²) in [6.45, 7) is 0.146. The van der Waals surface area contributed by atoms with E-state index in [0.717, 1.165) is 6.20 Å². The number of alkyl halides is 3. The highest BCUT2D eigenvalue weighted by molar-refractivity contribution is 6.30. The van der Waals surface area contributed by atoms with E-state index < -0.39 is 23.3 Å². The van der Waals surface area contributed by atoms with E-state index in [2.05, 4.69) is 10.4 Å². The molecule has 0 bridgehead atoms. The highest BCUT2D eigenvalue weighted by Gasteiger charge is 2.40. The predicted octanol–water partition coefficient (Wildman–Crippen LogP) is 4.35. The Morgan fingerprint density at radius 3 is 2.57 bits per heavy atom. The van der Waals surface area contributed by atoms with E-state index in [1.54, 1.807) is 24.3 Å². The number of aromatic nitrogens is 2. The van der Waals surface area contributed by atoms with Gasteiger partial charge in [0.25, 0.3) is 5.91 Å². The summed E-state index contributed by atoms with van der Waals surface area (Å²) >= 11 is 5.85. The quantitative estimate of drug-likeness (QED) is 0.616. The van der Waals surface area contributed by atoms with Crippen molar-refractivity contribution in [1.29, 1.82) is 0 Å². The zero-order valence-corrected chi connectivity index (χ0v) is 15.2. The van der Waals surface area contributed by atoms with Crippen LogP contribution in [0.1, 0.15) is 16.1 Å². The number of carbonyl (C=O) groups is 1. The molecular weight excluding hydrogens is 395 g/mol. The van der Waals surface area contributed by atoms with Crippen LogP contribution in [0.2, 0.25) is 5.02 Å². The zero-order valence-electron chi connectivity index (χ0n) is 14.4. The lowest BCUT2D eigenvalue weighted by Crippen LogP contribution is -2.30. The number of nitrogens with zero attached hydrogens (tertiary/aromatic N) is 2. The molecule has 0 radical (unpaired) electrons. The number of carbonyl (C=O) groups excluding carboxylic acids is 1. The third kappa shape index (κ3) is 4.64. The summed E-state index contributed by atoms with van der Waals surface area (Å²) in [7, 11) is 0.